The van der Waals surface area contributed by atoms with Crippen LogP contribution in [0.2, 0.25) is 0 Å². The van der Waals surface area contributed by atoms with Gasteiger partial charge >= 0.3 is 0 Å². The lowest BCUT2D eigenvalue weighted by molar-refractivity contribution is -0.130. The van der Waals surface area contributed by atoms with E-state index in [4.69, 9.17) is 5.73 Å². The van der Waals surface area contributed by atoms with Gasteiger partial charge in [0.05, 0.1) is 0 Å². The van der Waals surface area contributed by atoms with Crippen LogP contribution in [0.1, 0.15) is 19.8 Å². The largest absolute Gasteiger partial charge is 0.343 e. The Balaban J connectivity index is 2.22. The average Bonchev–Trinajstić information content (AvgIpc) is 2.19. The number of rotatable bonds is 4. The van der Waals surface area contributed by atoms with Crippen LogP contribution in [0.25, 0.3) is 0 Å². The van der Waals surface area contributed by atoms with Crippen molar-refractivity contribution in [3.8, 4) is 0 Å². The van der Waals surface area contributed by atoms with Crippen LogP contribution in [0.15, 0.2) is 0 Å². The van der Waals surface area contributed by atoms with Crippen molar-refractivity contribution < 1.29 is 4.79 Å². The third-order valence-corrected chi connectivity index (χ3v) is 2.72. The van der Waals surface area contributed by atoms with Crippen molar-refractivity contribution >= 4 is 5.91 Å². The van der Waals surface area contributed by atoms with Gasteiger partial charge in [-0.1, -0.05) is 0 Å². The summed E-state index contributed by atoms with van der Waals surface area (Å²) in [5, 5.41) is 3.30. The normalized spacial score (nSPS) is 22.4. The second-order valence-electron chi connectivity index (χ2n) is 3.97. The monoisotopic (exact) mass is 199 g/mol. The lowest BCUT2D eigenvalue weighted by Crippen LogP contribution is -2.42. The molecule has 0 aromatic carbocycles. The van der Waals surface area contributed by atoms with Crippen molar-refractivity contribution in [2.75, 3.05) is 32.7 Å². The van der Waals surface area contributed by atoms with E-state index in [2.05, 4.69) is 5.32 Å². The third kappa shape index (κ3) is 3.64. The molecule has 1 fully saturated rings. The number of hydrogen-bond donors (Lipinski definition) is 2. The molecule has 0 bridgehead atoms. The predicted octanol–water partition coefficient (Wildman–Crippen LogP) is -0.207. The fourth-order valence-corrected chi connectivity index (χ4v) is 1.93. The van der Waals surface area contributed by atoms with Crippen LogP contribution >= 0.6 is 0 Å². The van der Waals surface area contributed by atoms with Gasteiger partial charge in [-0.15, -0.1) is 0 Å². The molecule has 1 atom stereocenters. The second kappa shape index (κ2) is 5.98. The van der Waals surface area contributed by atoms with E-state index >= 15 is 0 Å². The number of hydrogen-bond acceptors (Lipinski definition) is 3. The number of piperidine rings is 1. The summed E-state index contributed by atoms with van der Waals surface area (Å²) in [4.78, 5) is 13.1. The number of likely N-dealkylation sites (tertiary alicyclic amines) is 1. The van der Waals surface area contributed by atoms with Crippen LogP contribution in [0.4, 0.5) is 0 Å². The van der Waals surface area contributed by atoms with Crippen LogP contribution in [0, 0.1) is 5.92 Å². The maximum absolute atomic E-state index is 11.2. The second-order valence-corrected chi connectivity index (χ2v) is 3.97. The highest BCUT2D eigenvalue weighted by Crippen LogP contribution is 2.15. The van der Waals surface area contributed by atoms with Gasteiger partial charge in [0, 0.05) is 33.1 Å². The van der Waals surface area contributed by atoms with E-state index < -0.39 is 0 Å². The zero-order valence-corrected chi connectivity index (χ0v) is 8.96. The molecule has 1 amide bonds. The van der Waals surface area contributed by atoms with Crippen LogP contribution in [0.5, 0.6) is 0 Å². The van der Waals surface area contributed by atoms with E-state index in [1.807, 2.05) is 4.90 Å². The lowest BCUT2D eigenvalue weighted by Gasteiger charge is -2.32. The Hall–Kier alpha value is -0.610. The maximum atomic E-state index is 11.2. The standard InChI is InChI=1S/C10H21N3O/c1-9(14)13-6-2-3-10(8-13)7-12-5-4-11/h10,12H,2-8,11H2,1H3. The summed E-state index contributed by atoms with van der Waals surface area (Å²) >= 11 is 0. The van der Waals surface area contributed by atoms with E-state index in [-0.39, 0.29) is 5.91 Å². The molecule has 0 aromatic heterocycles. The lowest BCUT2D eigenvalue weighted by atomic mass is 9.98. The number of nitrogens with zero attached hydrogens (tertiary/aromatic N) is 1. The van der Waals surface area contributed by atoms with E-state index in [1.54, 1.807) is 6.92 Å². The fraction of sp³-hybridized carbons (Fsp3) is 0.900. The molecule has 1 unspecified atom stereocenters. The Morgan fingerprint density at radius 1 is 1.64 bits per heavy atom. The van der Waals surface area contributed by atoms with Crippen molar-refractivity contribution in [2.45, 2.75) is 19.8 Å². The highest BCUT2D eigenvalue weighted by molar-refractivity contribution is 5.73. The molecule has 1 saturated heterocycles. The molecule has 82 valence electrons. The Labute approximate surface area is 85.8 Å². The van der Waals surface area contributed by atoms with Crippen molar-refractivity contribution in [1.29, 1.82) is 0 Å². The van der Waals surface area contributed by atoms with Crippen LogP contribution in [-0.4, -0.2) is 43.5 Å². The van der Waals surface area contributed by atoms with Crippen LogP contribution in [-0.2, 0) is 4.79 Å². The number of carbonyl (C=O) groups is 1. The van der Waals surface area contributed by atoms with E-state index in [9.17, 15) is 4.79 Å². The summed E-state index contributed by atoms with van der Waals surface area (Å²) in [6.45, 7) is 6.03. The molecule has 4 heteroatoms. The molecule has 0 radical (unpaired) electrons. The van der Waals surface area contributed by atoms with Gasteiger partial charge in [-0.2, -0.15) is 0 Å². The molecule has 0 spiro atoms. The Bertz CT molecular complexity index is 184. The topological polar surface area (TPSA) is 58.4 Å². The first kappa shape index (κ1) is 11.5. The molecular weight excluding hydrogens is 178 g/mol. The van der Waals surface area contributed by atoms with Gasteiger partial charge in [0.25, 0.3) is 0 Å². The first-order valence-corrected chi connectivity index (χ1v) is 5.40. The molecule has 0 saturated carbocycles. The summed E-state index contributed by atoms with van der Waals surface area (Å²) in [6.07, 6.45) is 2.36. The number of nitrogens with two attached hydrogens (primary N) is 1. The van der Waals surface area contributed by atoms with Gasteiger partial charge in [-0.25, -0.2) is 0 Å². The fourth-order valence-electron chi connectivity index (χ4n) is 1.93. The van der Waals surface area contributed by atoms with Crippen molar-refractivity contribution in [1.82, 2.24) is 10.2 Å². The smallest absolute Gasteiger partial charge is 0.219 e. The maximum Gasteiger partial charge on any atom is 0.219 e. The van der Waals surface area contributed by atoms with Crippen molar-refractivity contribution in [3.05, 3.63) is 0 Å². The van der Waals surface area contributed by atoms with Gasteiger partial charge in [-0.3, -0.25) is 4.79 Å². The van der Waals surface area contributed by atoms with Gasteiger partial charge in [0.15, 0.2) is 0 Å². The van der Waals surface area contributed by atoms with Crippen molar-refractivity contribution in [3.63, 3.8) is 0 Å². The summed E-state index contributed by atoms with van der Waals surface area (Å²) in [7, 11) is 0. The zero-order chi connectivity index (χ0) is 10.4. The molecule has 4 nitrogen and oxygen atoms in total. The molecule has 1 aliphatic heterocycles. The van der Waals surface area contributed by atoms with Crippen LogP contribution < -0.4 is 11.1 Å². The highest BCUT2D eigenvalue weighted by Gasteiger charge is 2.20. The number of carbonyl (C=O) groups excluding carboxylic acids is 1. The van der Waals surface area contributed by atoms with Crippen LogP contribution in [0.3, 0.4) is 0 Å². The third-order valence-electron chi connectivity index (χ3n) is 2.72. The van der Waals surface area contributed by atoms with Gasteiger partial charge in [0.1, 0.15) is 0 Å². The van der Waals surface area contributed by atoms with E-state index in [1.165, 1.54) is 6.42 Å². The van der Waals surface area contributed by atoms with Gasteiger partial charge in [-0.05, 0) is 25.3 Å². The predicted molar refractivity (Wildman–Crippen MR) is 56.9 cm³/mol. The molecule has 14 heavy (non-hydrogen) atoms. The molecule has 0 aliphatic carbocycles. The summed E-state index contributed by atoms with van der Waals surface area (Å²) in [5.74, 6) is 0.813. The minimum Gasteiger partial charge on any atom is -0.343 e. The minimum absolute atomic E-state index is 0.202. The van der Waals surface area contributed by atoms with E-state index in [0.717, 1.165) is 32.6 Å². The first-order valence-electron chi connectivity index (χ1n) is 5.40. The van der Waals surface area contributed by atoms with Gasteiger partial charge < -0.3 is 16.0 Å². The van der Waals surface area contributed by atoms with E-state index in [0.29, 0.717) is 12.5 Å². The molecular formula is C10H21N3O. The molecule has 1 heterocycles. The summed E-state index contributed by atoms with van der Waals surface area (Å²) in [6, 6.07) is 0. The Morgan fingerprint density at radius 2 is 2.43 bits per heavy atom. The minimum atomic E-state index is 0.202. The molecule has 1 aliphatic rings. The molecule has 3 N–H and O–H groups in total. The van der Waals surface area contributed by atoms with Crippen molar-refractivity contribution in [2.24, 2.45) is 11.7 Å². The average molecular weight is 199 g/mol. The SMILES string of the molecule is CC(=O)N1CCCC(CNCCN)C1. The summed E-state index contributed by atoms with van der Waals surface area (Å²) in [5.41, 5.74) is 5.39. The Kier molecular flexibility index (Phi) is 4.90. The van der Waals surface area contributed by atoms with Gasteiger partial charge in [0.2, 0.25) is 5.91 Å². The Morgan fingerprint density at radius 3 is 3.07 bits per heavy atom. The zero-order valence-electron chi connectivity index (χ0n) is 8.96. The first-order chi connectivity index (χ1) is 6.74. The molecule has 1 rings (SSSR count). The highest BCUT2D eigenvalue weighted by atomic mass is 16.2. The number of amides is 1. The summed E-state index contributed by atoms with van der Waals surface area (Å²) < 4.78 is 0. The molecule has 0 aromatic rings. The number of nitrogens with one attached hydrogen (secondary N) is 1. The quantitative estimate of drug-likeness (QED) is 0.616.